The van der Waals surface area contributed by atoms with Crippen molar-refractivity contribution in [2.24, 2.45) is 5.10 Å². The van der Waals surface area contributed by atoms with Gasteiger partial charge in [-0.1, -0.05) is 6.07 Å². The first-order chi connectivity index (χ1) is 11.6. The van der Waals surface area contributed by atoms with Crippen molar-refractivity contribution in [3.63, 3.8) is 0 Å². The second-order valence-electron chi connectivity index (χ2n) is 5.48. The number of aryl methyl sites for hydroxylation is 2. The molecule has 0 aliphatic carbocycles. The van der Waals surface area contributed by atoms with Crippen LogP contribution in [0.2, 0.25) is 0 Å². The maximum absolute atomic E-state index is 12.1. The molecule has 0 spiro atoms. The van der Waals surface area contributed by atoms with E-state index in [4.69, 9.17) is 0 Å². The number of aromatic nitrogens is 2. The van der Waals surface area contributed by atoms with Crippen molar-refractivity contribution in [3.8, 4) is 5.69 Å². The van der Waals surface area contributed by atoms with Crippen LogP contribution in [0.5, 0.6) is 0 Å². The second kappa shape index (κ2) is 6.91. The quantitative estimate of drug-likeness (QED) is 0.593. The Morgan fingerprint density at radius 2 is 1.79 bits per heavy atom. The number of carbonyl (C=O) groups excluding carboxylic acids is 1. The molecule has 0 atom stereocenters. The van der Waals surface area contributed by atoms with E-state index in [1.54, 1.807) is 30.7 Å². The lowest BCUT2D eigenvalue weighted by Crippen LogP contribution is -2.17. The topological polar surface area (TPSA) is 59.3 Å². The lowest BCUT2D eigenvalue weighted by molar-refractivity contribution is 0.0955. The summed E-state index contributed by atoms with van der Waals surface area (Å²) in [5.74, 6) is -0.248. The van der Waals surface area contributed by atoms with Crippen LogP contribution < -0.4 is 5.43 Å². The Morgan fingerprint density at radius 3 is 2.42 bits per heavy atom. The molecule has 120 valence electrons. The molecule has 5 heteroatoms. The fourth-order valence-corrected chi connectivity index (χ4v) is 2.52. The number of amides is 1. The first-order valence-corrected chi connectivity index (χ1v) is 7.64. The predicted molar refractivity (Wildman–Crippen MR) is 94.5 cm³/mol. The minimum atomic E-state index is -0.248. The van der Waals surface area contributed by atoms with Crippen LogP contribution in [-0.4, -0.2) is 21.7 Å². The molecular formula is C19H18N4O. The first-order valence-electron chi connectivity index (χ1n) is 7.64. The maximum Gasteiger partial charge on any atom is 0.271 e. The molecular weight excluding hydrogens is 300 g/mol. The van der Waals surface area contributed by atoms with Crippen LogP contribution in [0.3, 0.4) is 0 Å². The molecule has 3 aromatic rings. The standard InChI is InChI=1S/C19H18N4O/c1-14-5-6-15(2)23(14)18-9-7-17(8-10-18)19(24)22-21-13-16-4-3-11-20-12-16/h3-13H,1-2H3,(H,22,24)/b21-13-. The lowest BCUT2D eigenvalue weighted by atomic mass is 10.2. The monoisotopic (exact) mass is 318 g/mol. The summed E-state index contributed by atoms with van der Waals surface area (Å²) in [7, 11) is 0. The van der Waals surface area contributed by atoms with Gasteiger partial charge >= 0.3 is 0 Å². The van der Waals surface area contributed by atoms with E-state index in [-0.39, 0.29) is 5.91 Å². The van der Waals surface area contributed by atoms with Crippen molar-refractivity contribution < 1.29 is 4.79 Å². The maximum atomic E-state index is 12.1. The molecule has 1 amide bonds. The Hall–Kier alpha value is -3.21. The largest absolute Gasteiger partial charge is 0.319 e. The van der Waals surface area contributed by atoms with E-state index in [1.165, 1.54) is 0 Å². The summed E-state index contributed by atoms with van der Waals surface area (Å²) in [5, 5.41) is 3.95. The van der Waals surface area contributed by atoms with Gasteiger partial charge in [0.1, 0.15) is 0 Å². The molecule has 0 bridgehead atoms. The number of hydrogen-bond acceptors (Lipinski definition) is 3. The lowest BCUT2D eigenvalue weighted by Gasteiger charge is -2.10. The Morgan fingerprint density at radius 1 is 1.08 bits per heavy atom. The number of hydrogen-bond donors (Lipinski definition) is 1. The Balaban J connectivity index is 1.69. The Bertz CT molecular complexity index is 845. The van der Waals surface area contributed by atoms with Crippen LogP contribution in [0.1, 0.15) is 27.3 Å². The third kappa shape index (κ3) is 3.41. The van der Waals surface area contributed by atoms with Crippen LogP contribution in [0, 0.1) is 13.8 Å². The molecule has 5 nitrogen and oxygen atoms in total. The number of rotatable bonds is 4. The van der Waals surface area contributed by atoms with E-state index in [0.717, 1.165) is 22.6 Å². The smallest absolute Gasteiger partial charge is 0.271 e. The fraction of sp³-hybridized carbons (Fsp3) is 0.105. The van der Waals surface area contributed by atoms with E-state index >= 15 is 0 Å². The Kier molecular flexibility index (Phi) is 4.52. The molecule has 0 aliphatic rings. The van der Waals surface area contributed by atoms with Gasteiger partial charge in [-0.2, -0.15) is 5.10 Å². The SMILES string of the molecule is Cc1ccc(C)n1-c1ccc(C(=O)N/N=C\c2cccnc2)cc1. The number of carbonyl (C=O) groups is 1. The molecule has 0 fully saturated rings. The van der Waals surface area contributed by atoms with Crippen LogP contribution >= 0.6 is 0 Å². The Labute approximate surface area is 140 Å². The van der Waals surface area contributed by atoms with E-state index in [0.29, 0.717) is 5.56 Å². The summed E-state index contributed by atoms with van der Waals surface area (Å²) in [5.41, 5.74) is 7.25. The molecule has 0 aliphatic heterocycles. The number of pyridine rings is 1. The van der Waals surface area contributed by atoms with Gasteiger partial charge in [0.25, 0.3) is 5.91 Å². The van der Waals surface area contributed by atoms with Gasteiger partial charge in [-0.25, -0.2) is 5.43 Å². The fourth-order valence-electron chi connectivity index (χ4n) is 2.52. The van der Waals surface area contributed by atoms with E-state index < -0.39 is 0 Å². The van der Waals surface area contributed by atoms with Gasteiger partial charge in [0.15, 0.2) is 0 Å². The van der Waals surface area contributed by atoms with Gasteiger partial charge in [-0.15, -0.1) is 0 Å². The third-order valence-corrected chi connectivity index (χ3v) is 3.72. The van der Waals surface area contributed by atoms with Gasteiger partial charge in [-0.3, -0.25) is 9.78 Å². The van der Waals surface area contributed by atoms with Crippen LogP contribution in [0.25, 0.3) is 5.69 Å². The first kappa shape index (κ1) is 15.7. The summed E-state index contributed by atoms with van der Waals surface area (Å²) in [4.78, 5) is 16.1. The highest BCUT2D eigenvalue weighted by atomic mass is 16.2. The zero-order chi connectivity index (χ0) is 16.9. The number of nitrogens with zero attached hydrogens (tertiary/aromatic N) is 3. The molecule has 3 rings (SSSR count). The summed E-state index contributed by atoms with van der Waals surface area (Å²) >= 11 is 0. The highest BCUT2D eigenvalue weighted by Crippen LogP contribution is 2.16. The third-order valence-electron chi connectivity index (χ3n) is 3.72. The molecule has 2 heterocycles. The average Bonchev–Trinajstić information content (AvgIpc) is 2.94. The van der Waals surface area contributed by atoms with Crippen molar-refractivity contribution in [1.82, 2.24) is 15.0 Å². The summed E-state index contributed by atoms with van der Waals surface area (Å²) < 4.78 is 2.14. The van der Waals surface area contributed by atoms with Crippen molar-refractivity contribution >= 4 is 12.1 Å². The van der Waals surface area contributed by atoms with Crippen LogP contribution in [0.4, 0.5) is 0 Å². The minimum absolute atomic E-state index is 0.248. The van der Waals surface area contributed by atoms with Gasteiger partial charge < -0.3 is 4.57 Å². The van der Waals surface area contributed by atoms with Crippen molar-refractivity contribution in [3.05, 3.63) is 83.4 Å². The van der Waals surface area contributed by atoms with E-state index in [2.05, 4.69) is 46.1 Å². The van der Waals surface area contributed by atoms with Crippen molar-refractivity contribution in [2.45, 2.75) is 13.8 Å². The van der Waals surface area contributed by atoms with Gasteiger partial charge in [0.2, 0.25) is 0 Å². The molecule has 0 saturated carbocycles. The van der Waals surface area contributed by atoms with E-state index in [9.17, 15) is 4.79 Å². The van der Waals surface area contributed by atoms with Gasteiger partial charge in [0.05, 0.1) is 6.21 Å². The minimum Gasteiger partial charge on any atom is -0.319 e. The zero-order valence-corrected chi connectivity index (χ0v) is 13.6. The average molecular weight is 318 g/mol. The number of nitrogens with one attached hydrogen (secondary N) is 1. The summed E-state index contributed by atoms with van der Waals surface area (Å²) in [6.07, 6.45) is 4.92. The second-order valence-corrected chi connectivity index (χ2v) is 5.48. The highest BCUT2D eigenvalue weighted by molar-refractivity contribution is 5.95. The van der Waals surface area contributed by atoms with E-state index in [1.807, 2.05) is 24.3 Å². The molecule has 2 aromatic heterocycles. The predicted octanol–water partition coefficient (Wildman–Crippen LogP) is 3.25. The molecule has 24 heavy (non-hydrogen) atoms. The number of benzene rings is 1. The number of hydrazone groups is 1. The van der Waals surface area contributed by atoms with Crippen LogP contribution in [-0.2, 0) is 0 Å². The highest BCUT2D eigenvalue weighted by Gasteiger charge is 2.07. The van der Waals surface area contributed by atoms with Crippen molar-refractivity contribution in [1.29, 1.82) is 0 Å². The zero-order valence-electron chi connectivity index (χ0n) is 13.6. The van der Waals surface area contributed by atoms with Gasteiger partial charge in [0, 0.05) is 40.6 Å². The molecule has 0 radical (unpaired) electrons. The normalized spacial score (nSPS) is 10.9. The van der Waals surface area contributed by atoms with Crippen LogP contribution in [0.15, 0.2) is 66.0 Å². The molecule has 0 unspecified atom stereocenters. The summed E-state index contributed by atoms with van der Waals surface area (Å²) in [6, 6.07) is 15.3. The molecule has 0 saturated heterocycles. The van der Waals surface area contributed by atoms with Gasteiger partial charge in [-0.05, 0) is 56.3 Å². The van der Waals surface area contributed by atoms with Crippen molar-refractivity contribution in [2.75, 3.05) is 0 Å². The summed E-state index contributed by atoms with van der Waals surface area (Å²) in [6.45, 7) is 4.11. The molecule has 1 N–H and O–H groups in total. The molecule has 1 aromatic carbocycles.